The summed E-state index contributed by atoms with van der Waals surface area (Å²) in [7, 11) is 0. The van der Waals surface area contributed by atoms with E-state index in [4.69, 9.17) is 28.7 Å². The third kappa shape index (κ3) is 46.3. The van der Waals surface area contributed by atoms with Crippen LogP contribution in [0.25, 0.3) is 0 Å². The fourth-order valence-electron chi connectivity index (χ4n) is 16.1. The van der Waals surface area contributed by atoms with E-state index in [1.54, 1.807) is 123 Å². The third-order valence-electron chi connectivity index (χ3n) is 22.7. The number of nitrogens with two attached hydrogens (primary N) is 5. The van der Waals surface area contributed by atoms with Crippen LogP contribution >= 0.6 is 0 Å². The molecule has 5 saturated carbocycles. The van der Waals surface area contributed by atoms with E-state index < -0.39 is 59.4 Å². The molecule has 0 saturated heterocycles. The Balaban J connectivity index is -0.000000154. The van der Waals surface area contributed by atoms with Gasteiger partial charge in [0, 0.05) is 122 Å². The molecule has 0 spiro atoms. The molecule has 0 unspecified atom stereocenters. The maximum atomic E-state index is 11.6. The van der Waals surface area contributed by atoms with Crippen LogP contribution in [0.15, 0.2) is 154 Å². The number of aromatic nitrogens is 15. The third-order valence-corrected chi connectivity index (χ3v) is 22.7. The fraction of sp³-hybridized carbons (Fsp3) is 0.471. The van der Waals surface area contributed by atoms with Crippen LogP contribution in [0.3, 0.4) is 0 Å². The first kappa shape index (κ1) is 151. The summed E-state index contributed by atoms with van der Waals surface area (Å²) in [6.45, 7) is 0. The number of carbonyl (C=O) groups is 5. The second kappa shape index (κ2) is 77.3. The first-order valence-electron chi connectivity index (χ1n) is 40.4. The van der Waals surface area contributed by atoms with Crippen molar-refractivity contribution in [3.8, 4) is 0 Å². The summed E-state index contributed by atoms with van der Waals surface area (Å²) in [5, 5.41) is 57.8. The quantitative estimate of drug-likeness (QED) is 0.0332. The van der Waals surface area contributed by atoms with Crippen molar-refractivity contribution in [1.82, 2.24) is 72.7 Å². The zero-order chi connectivity index (χ0) is 81.2. The van der Waals surface area contributed by atoms with Gasteiger partial charge in [0.25, 0.3) is 0 Å². The molecule has 10 heterocycles. The zero-order valence-electron chi connectivity index (χ0n) is 78.1. The molecule has 136 heavy (non-hydrogen) atoms. The minimum absolute atomic E-state index is 0. The second-order valence-electron chi connectivity index (χ2n) is 31.0. The van der Waals surface area contributed by atoms with Crippen molar-refractivity contribution >= 4 is 58.9 Å². The summed E-state index contributed by atoms with van der Waals surface area (Å²) in [4.78, 5) is 99.4. The number of hydrogen-bond acceptors (Lipinski definition) is 25. The molecule has 0 radical (unpaired) electrons. The van der Waals surface area contributed by atoms with Crippen LogP contribution in [0.4, 0.5) is 29.1 Å². The largest absolute Gasteiger partial charge is 1.00 e. The van der Waals surface area contributed by atoms with Crippen molar-refractivity contribution in [2.24, 2.45) is 0 Å². The fourth-order valence-corrected chi connectivity index (χ4v) is 16.1. The molecule has 738 valence electrons. The maximum Gasteiger partial charge on any atom is 1.00 e. The SMILES string of the molecule is Nc1ccc(C[C@@H](C(=O)[O-])c2cn(C3CCCCC3)cn2)cn1.Nc1ccc(C[C@@H](C(=O)[O-])c2cn(C3CCCCC3)cn2)cn1.Nc1ccc(C[C@@H](C(=O)[O-])c2cn(C3CCCCC3)cn2)cn1.Nc1ccc(C[C@@H](C(=O)[O-])c2cn(C3CCCCC3)cn2)cn1.Nc1ccc(C[C@@H](C(=O)[O-])c2cn(C3CCCCC3)cn2)cn1.O.O.O.O.O.O.O.O.O.O.O.O.O.O.O.O.[Na+].[Na+].[Na+].[Na+].[Na+]. The molecule has 5 atom stereocenters. The maximum absolute atomic E-state index is 11.6. The average Bonchev–Trinajstić information content (AvgIpc) is 1.72. The summed E-state index contributed by atoms with van der Waals surface area (Å²) in [5.41, 5.74) is 34.6. The Kier molecular flexibility index (Phi) is 86.0. The minimum Gasteiger partial charge on any atom is -0.549 e. The van der Waals surface area contributed by atoms with Crippen molar-refractivity contribution in [3.05, 3.63) is 211 Å². The molecule has 5 fully saturated rings. The van der Waals surface area contributed by atoms with Gasteiger partial charge in [0.2, 0.25) is 0 Å². The zero-order valence-corrected chi connectivity index (χ0v) is 88.1. The molecule has 0 aromatic carbocycles. The molecule has 15 rings (SSSR count). The number of nitrogen functional groups attached to an aromatic ring is 5. The van der Waals surface area contributed by atoms with Crippen LogP contribution < -0.4 is 202 Å². The predicted octanol–water partition coefficient (Wildman–Crippen LogP) is -21.0. The molecule has 10 aromatic heterocycles. The Labute approximate surface area is 899 Å². The van der Waals surface area contributed by atoms with E-state index in [2.05, 4.69) is 72.7 Å². The molecule has 10 aromatic rings. The molecule has 42 N–H and O–H groups in total. The predicted molar refractivity (Wildman–Crippen MR) is 480 cm³/mol. The molecule has 0 aliphatic heterocycles. The Morgan fingerprint density at radius 2 is 0.368 bits per heavy atom. The summed E-state index contributed by atoms with van der Waals surface area (Å²) in [5.74, 6) is -7.36. The minimum atomic E-state index is -1.12. The number of carbonyl (C=O) groups excluding carboxylic acids is 5. The van der Waals surface area contributed by atoms with Gasteiger partial charge in [-0.15, -0.1) is 0 Å². The number of carboxylic acids is 5. The van der Waals surface area contributed by atoms with E-state index in [9.17, 15) is 49.5 Å². The monoisotopic (exact) mass is 1970 g/mol. The summed E-state index contributed by atoms with van der Waals surface area (Å²) < 4.78 is 10.3. The van der Waals surface area contributed by atoms with Crippen LogP contribution in [0.1, 0.15) is 277 Å². The van der Waals surface area contributed by atoms with E-state index in [0.717, 1.165) is 92.0 Å². The smallest absolute Gasteiger partial charge is 0.549 e. The Morgan fingerprint density at radius 3 is 0.478 bits per heavy atom. The van der Waals surface area contributed by atoms with Gasteiger partial charge in [-0.1, -0.05) is 127 Å². The summed E-state index contributed by atoms with van der Waals surface area (Å²) in [6.07, 6.45) is 57.5. The Morgan fingerprint density at radius 1 is 0.235 bits per heavy atom. The van der Waals surface area contributed by atoms with Crippen molar-refractivity contribution in [3.63, 3.8) is 0 Å². The van der Waals surface area contributed by atoms with Crippen molar-refractivity contribution < 1.29 is 285 Å². The number of nitrogens with zero attached hydrogens (tertiary/aromatic N) is 15. The number of imidazole rings is 5. The van der Waals surface area contributed by atoms with Gasteiger partial charge in [0.05, 0.1) is 90.0 Å². The van der Waals surface area contributed by atoms with Crippen LogP contribution in [0, 0.1) is 0 Å². The molecular formula is C85H137N20Na5O26. The molecule has 5 aliphatic rings. The molecule has 0 bridgehead atoms. The van der Waals surface area contributed by atoms with E-state index in [0.29, 0.717) is 120 Å². The van der Waals surface area contributed by atoms with Gasteiger partial charge in [-0.3, -0.25) is 0 Å². The first-order chi connectivity index (χ1) is 55.7. The van der Waals surface area contributed by atoms with Crippen LogP contribution in [0.2, 0.25) is 0 Å². The van der Waals surface area contributed by atoms with E-state index in [-0.39, 0.29) is 235 Å². The van der Waals surface area contributed by atoms with Crippen molar-refractivity contribution in [2.45, 2.75) is 252 Å². The van der Waals surface area contributed by atoms with Gasteiger partial charge in [-0.2, -0.15) is 0 Å². The van der Waals surface area contributed by atoms with E-state index in [1.807, 2.05) is 31.0 Å². The van der Waals surface area contributed by atoms with Gasteiger partial charge < -0.3 is 189 Å². The molecule has 46 nitrogen and oxygen atoms in total. The first-order valence-corrected chi connectivity index (χ1v) is 40.4. The van der Waals surface area contributed by atoms with Gasteiger partial charge in [0.1, 0.15) is 29.1 Å². The van der Waals surface area contributed by atoms with Crippen molar-refractivity contribution in [2.75, 3.05) is 28.7 Å². The van der Waals surface area contributed by atoms with E-state index >= 15 is 0 Å². The number of pyridine rings is 5. The normalized spacial score (nSPS) is 14.4. The number of anilines is 5. The van der Waals surface area contributed by atoms with Crippen molar-refractivity contribution in [1.29, 1.82) is 0 Å². The standard InChI is InChI=1S/5C17H22N4O2.5Na.16H2O/c5*18-16-7-6-12(9-19-16)8-14(17(22)23)15-10-21(11-20-15)13-4-2-1-3-5-13;;;;;;;;;;;;;;;;;;;;;/h5*6-7,9-11,13-14H,1-5,8H2,(H2,18,19)(H,22,23);;;;;;16*1H2/q;;;;;5*+1;;;;;;;;;;;;;;;;/p-5/t5*14-;;;;;;;;;;;;;;;;;;;;;/m11111...................../s1. The van der Waals surface area contributed by atoms with Gasteiger partial charge in [-0.25, -0.2) is 49.8 Å². The number of hydrogen-bond donors (Lipinski definition) is 5. The Bertz CT molecular complexity index is 4060. The topological polar surface area (TPSA) is 988 Å². The van der Waals surface area contributed by atoms with Gasteiger partial charge in [0.15, 0.2) is 0 Å². The summed E-state index contributed by atoms with van der Waals surface area (Å²) >= 11 is 0. The molecule has 5 aliphatic carbocycles. The van der Waals surface area contributed by atoms with Crippen LogP contribution in [-0.4, -0.2) is 190 Å². The Hall–Kier alpha value is -7.49. The number of rotatable bonds is 25. The summed E-state index contributed by atoms with van der Waals surface area (Å²) in [6, 6.07) is 19.5. The van der Waals surface area contributed by atoms with Crippen LogP contribution in [-0.2, 0) is 56.1 Å². The second-order valence-corrected chi connectivity index (χ2v) is 31.0. The number of carboxylic acid groups (broad SMARTS) is 5. The average molecular weight is 1970 g/mol. The molecular weight excluding hydrogens is 1830 g/mol. The van der Waals surface area contributed by atoms with Gasteiger partial charge in [-0.05, 0) is 154 Å². The van der Waals surface area contributed by atoms with Crippen LogP contribution in [0.5, 0.6) is 0 Å². The number of aliphatic carboxylic acids is 5. The molecule has 0 amide bonds. The van der Waals surface area contributed by atoms with Gasteiger partial charge >= 0.3 is 148 Å². The van der Waals surface area contributed by atoms with E-state index in [1.165, 1.54) is 96.3 Å². The molecule has 51 heteroatoms.